The number of rotatable bonds is 3. The van der Waals surface area contributed by atoms with E-state index in [0.29, 0.717) is 16.0 Å². The molecule has 0 aliphatic heterocycles. The van der Waals surface area contributed by atoms with Crippen molar-refractivity contribution in [3.63, 3.8) is 0 Å². The summed E-state index contributed by atoms with van der Waals surface area (Å²) in [5.74, 6) is 0.596. The van der Waals surface area contributed by atoms with Crippen LogP contribution >= 0.6 is 15.9 Å². The summed E-state index contributed by atoms with van der Waals surface area (Å²) >= 11 is 3.22. The van der Waals surface area contributed by atoms with Gasteiger partial charge in [0.15, 0.2) is 0 Å². The van der Waals surface area contributed by atoms with Crippen molar-refractivity contribution in [2.45, 2.75) is 45.1 Å². The molecule has 4 heteroatoms. The lowest BCUT2D eigenvalue weighted by Crippen LogP contribution is -2.41. The van der Waals surface area contributed by atoms with Gasteiger partial charge in [-0.15, -0.1) is 0 Å². The van der Waals surface area contributed by atoms with E-state index < -0.39 is 0 Å². The maximum absolute atomic E-state index is 12.2. The maximum atomic E-state index is 12.2. The summed E-state index contributed by atoms with van der Waals surface area (Å²) in [4.78, 5) is 12.2. The van der Waals surface area contributed by atoms with Crippen LogP contribution in [0.25, 0.3) is 0 Å². The molecule has 0 aromatic heterocycles. The van der Waals surface area contributed by atoms with Crippen LogP contribution in [0.5, 0.6) is 5.75 Å². The summed E-state index contributed by atoms with van der Waals surface area (Å²) in [7, 11) is 0. The summed E-state index contributed by atoms with van der Waals surface area (Å²) in [5.41, 5.74) is 0.515. The summed E-state index contributed by atoms with van der Waals surface area (Å²) < 4.78 is 0.605. The monoisotopic (exact) mass is 325 g/mol. The van der Waals surface area contributed by atoms with Gasteiger partial charge in [-0.1, -0.05) is 26.2 Å². The highest BCUT2D eigenvalue weighted by molar-refractivity contribution is 9.10. The van der Waals surface area contributed by atoms with Gasteiger partial charge in [-0.3, -0.25) is 4.79 Å². The molecule has 1 saturated carbocycles. The Morgan fingerprint density at radius 1 is 1.42 bits per heavy atom. The normalized spacial score (nSPS) is 23.1. The highest BCUT2D eigenvalue weighted by Crippen LogP contribution is 2.28. The minimum atomic E-state index is -0.0897. The molecule has 3 nitrogen and oxygen atoms in total. The Hall–Kier alpha value is -1.03. The number of phenols is 1. The van der Waals surface area contributed by atoms with Crippen molar-refractivity contribution in [3.8, 4) is 5.75 Å². The van der Waals surface area contributed by atoms with E-state index in [9.17, 15) is 9.90 Å². The molecule has 2 rings (SSSR count). The summed E-state index contributed by atoms with van der Waals surface area (Å²) in [6.07, 6.45) is 5.83. The Morgan fingerprint density at radius 2 is 2.16 bits per heavy atom. The Morgan fingerprint density at radius 3 is 2.84 bits per heavy atom. The van der Waals surface area contributed by atoms with Gasteiger partial charge in [-0.25, -0.2) is 0 Å². The first-order valence-corrected chi connectivity index (χ1v) is 7.70. The quantitative estimate of drug-likeness (QED) is 0.886. The van der Waals surface area contributed by atoms with Gasteiger partial charge >= 0.3 is 0 Å². The molecule has 1 aromatic carbocycles. The molecule has 0 radical (unpaired) electrons. The molecular formula is C15H20BrNO2. The highest BCUT2D eigenvalue weighted by atomic mass is 79.9. The SMILES string of the molecule is CCC1CCCCC1NC(=O)c1ccc(Br)c(O)c1. The lowest BCUT2D eigenvalue weighted by atomic mass is 9.83. The second-order valence-corrected chi connectivity index (χ2v) is 6.05. The second kappa shape index (κ2) is 6.42. The molecule has 0 saturated heterocycles. The van der Waals surface area contributed by atoms with Gasteiger partial charge in [0.05, 0.1) is 4.47 Å². The number of aromatic hydroxyl groups is 1. The average molecular weight is 326 g/mol. The van der Waals surface area contributed by atoms with Crippen molar-refractivity contribution in [2.75, 3.05) is 0 Å². The van der Waals surface area contributed by atoms with E-state index in [4.69, 9.17) is 0 Å². The average Bonchev–Trinajstić information content (AvgIpc) is 2.42. The molecule has 1 aromatic rings. The van der Waals surface area contributed by atoms with Gasteiger partial charge in [0, 0.05) is 11.6 Å². The van der Waals surface area contributed by atoms with Crippen LogP contribution in [0.2, 0.25) is 0 Å². The van der Waals surface area contributed by atoms with E-state index in [0.717, 1.165) is 12.8 Å². The van der Waals surface area contributed by atoms with E-state index in [2.05, 4.69) is 28.2 Å². The van der Waals surface area contributed by atoms with Crippen molar-refractivity contribution < 1.29 is 9.90 Å². The lowest BCUT2D eigenvalue weighted by molar-refractivity contribution is 0.0904. The fourth-order valence-electron chi connectivity index (χ4n) is 2.79. The van der Waals surface area contributed by atoms with Gasteiger partial charge < -0.3 is 10.4 Å². The minimum Gasteiger partial charge on any atom is -0.507 e. The van der Waals surface area contributed by atoms with Gasteiger partial charge in [-0.05, 0) is 52.9 Å². The van der Waals surface area contributed by atoms with Crippen LogP contribution in [0.4, 0.5) is 0 Å². The molecule has 0 heterocycles. The van der Waals surface area contributed by atoms with Crippen LogP contribution in [0, 0.1) is 5.92 Å². The number of hydrogen-bond acceptors (Lipinski definition) is 2. The topological polar surface area (TPSA) is 49.3 Å². The third-order valence-electron chi connectivity index (χ3n) is 3.96. The first kappa shape index (κ1) is 14.4. The summed E-state index contributed by atoms with van der Waals surface area (Å²) in [6, 6.07) is 5.20. The molecular weight excluding hydrogens is 306 g/mol. The van der Waals surface area contributed by atoms with Crippen LogP contribution in [0.15, 0.2) is 22.7 Å². The molecule has 1 aliphatic carbocycles. The number of halogens is 1. The third-order valence-corrected chi connectivity index (χ3v) is 4.63. The van der Waals surface area contributed by atoms with E-state index in [1.54, 1.807) is 12.1 Å². The highest BCUT2D eigenvalue weighted by Gasteiger charge is 2.25. The molecule has 104 valence electrons. The minimum absolute atomic E-state index is 0.0897. The Balaban J connectivity index is 2.05. The number of amides is 1. The van der Waals surface area contributed by atoms with Crippen LogP contribution in [-0.2, 0) is 0 Å². The van der Waals surface area contributed by atoms with Crippen LogP contribution in [-0.4, -0.2) is 17.1 Å². The van der Waals surface area contributed by atoms with Gasteiger partial charge in [0.1, 0.15) is 5.75 Å². The first-order chi connectivity index (χ1) is 9.11. The Bertz CT molecular complexity index is 461. The predicted molar refractivity (Wildman–Crippen MR) is 79.3 cm³/mol. The third kappa shape index (κ3) is 3.50. The maximum Gasteiger partial charge on any atom is 0.251 e. The smallest absolute Gasteiger partial charge is 0.251 e. The molecule has 2 N–H and O–H groups in total. The van der Waals surface area contributed by atoms with Gasteiger partial charge in [0.2, 0.25) is 0 Å². The zero-order valence-electron chi connectivity index (χ0n) is 11.2. The van der Waals surface area contributed by atoms with Crippen molar-refractivity contribution in [1.29, 1.82) is 0 Å². The number of phenolic OH excluding ortho intramolecular Hbond substituents is 1. The summed E-state index contributed by atoms with van der Waals surface area (Å²) in [6.45, 7) is 2.18. The van der Waals surface area contributed by atoms with Crippen molar-refractivity contribution in [2.24, 2.45) is 5.92 Å². The Labute approximate surface area is 122 Å². The van der Waals surface area contributed by atoms with Crippen molar-refractivity contribution in [3.05, 3.63) is 28.2 Å². The number of carbonyl (C=O) groups is 1. The van der Waals surface area contributed by atoms with Crippen LogP contribution in [0.3, 0.4) is 0 Å². The molecule has 1 amide bonds. The molecule has 1 aliphatic rings. The van der Waals surface area contributed by atoms with E-state index in [-0.39, 0.29) is 17.7 Å². The zero-order chi connectivity index (χ0) is 13.8. The number of benzene rings is 1. The molecule has 1 fully saturated rings. The molecule has 2 atom stereocenters. The van der Waals surface area contributed by atoms with Crippen LogP contribution < -0.4 is 5.32 Å². The number of hydrogen-bond donors (Lipinski definition) is 2. The molecule has 2 unspecified atom stereocenters. The molecule has 19 heavy (non-hydrogen) atoms. The first-order valence-electron chi connectivity index (χ1n) is 6.91. The van der Waals surface area contributed by atoms with E-state index >= 15 is 0 Å². The molecule has 0 bridgehead atoms. The van der Waals surface area contributed by atoms with Gasteiger partial charge in [0.25, 0.3) is 5.91 Å². The zero-order valence-corrected chi connectivity index (χ0v) is 12.7. The standard InChI is InChI=1S/C15H20BrNO2/c1-2-10-5-3-4-6-13(10)17-15(19)11-7-8-12(16)14(18)9-11/h7-10,13,18H,2-6H2,1H3,(H,17,19). The van der Waals surface area contributed by atoms with E-state index in [1.165, 1.54) is 25.3 Å². The van der Waals surface area contributed by atoms with Crippen molar-refractivity contribution in [1.82, 2.24) is 5.32 Å². The molecule has 0 spiro atoms. The number of carbonyl (C=O) groups excluding carboxylic acids is 1. The predicted octanol–water partition coefficient (Wildman–Crippen LogP) is 3.85. The largest absolute Gasteiger partial charge is 0.507 e. The van der Waals surface area contributed by atoms with Crippen molar-refractivity contribution >= 4 is 21.8 Å². The van der Waals surface area contributed by atoms with Gasteiger partial charge in [-0.2, -0.15) is 0 Å². The number of nitrogens with one attached hydrogen (secondary N) is 1. The van der Waals surface area contributed by atoms with E-state index in [1.807, 2.05) is 0 Å². The van der Waals surface area contributed by atoms with Crippen LogP contribution in [0.1, 0.15) is 49.4 Å². The fraction of sp³-hybridized carbons (Fsp3) is 0.533. The summed E-state index contributed by atoms with van der Waals surface area (Å²) in [5, 5.41) is 12.7. The fourth-order valence-corrected chi connectivity index (χ4v) is 3.04. The Kier molecular flexibility index (Phi) is 4.86. The lowest BCUT2D eigenvalue weighted by Gasteiger charge is -2.31. The second-order valence-electron chi connectivity index (χ2n) is 5.20.